The highest BCUT2D eigenvalue weighted by Crippen LogP contribution is 2.33. The lowest BCUT2D eigenvalue weighted by atomic mass is 10.1. The molecule has 4 aromatic carbocycles. The first-order valence-corrected chi connectivity index (χ1v) is 22.9. The van der Waals surface area contributed by atoms with Gasteiger partial charge in [0.25, 0.3) is 22.9 Å². The Morgan fingerprint density at radius 3 is 1.26 bits per heavy atom. The third-order valence-corrected chi connectivity index (χ3v) is 14.0. The molecule has 13 nitrogen and oxygen atoms in total. The van der Waals surface area contributed by atoms with Crippen molar-refractivity contribution in [2.45, 2.75) is 45.8 Å². The maximum Gasteiger partial charge on any atom is 0.416 e. The van der Waals surface area contributed by atoms with Crippen LogP contribution in [0.1, 0.15) is 54.4 Å². The summed E-state index contributed by atoms with van der Waals surface area (Å²) >= 11 is 0. The number of amides is 2. The van der Waals surface area contributed by atoms with Crippen LogP contribution in [-0.4, -0.2) is 74.1 Å². The van der Waals surface area contributed by atoms with Gasteiger partial charge in [-0.2, -0.15) is 36.9 Å². The number of carbonyl (C=O) groups is 2. The van der Waals surface area contributed by atoms with E-state index in [4.69, 9.17) is 0 Å². The minimum absolute atomic E-state index is 0. The molecule has 70 heavy (non-hydrogen) atoms. The van der Waals surface area contributed by atoms with E-state index in [9.17, 15) is 64.5 Å². The van der Waals surface area contributed by atoms with Gasteiger partial charge in [-0.25, -0.2) is 8.42 Å². The number of rotatable bonds is 14. The number of nitrogens with one attached hydrogen (secondary N) is 2. The van der Waals surface area contributed by atoms with Crippen LogP contribution in [0.25, 0.3) is 11.4 Å². The Kier molecular flexibility index (Phi) is 16.8. The molecule has 2 N–H and O–H groups in total. The number of likely N-dealkylation sites (N-methyl/N-ethyl adjacent to an activating group) is 1. The van der Waals surface area contributed by atoms with Crippen LogP contribution in [0, 0.1) is 36.5 Å². The van der Waals surface area contributed by atoms with Crippen molar-refractivity contribution in [3.05, 3.63) is 175 Å². The van der Waals surface area contributed by atoms with E-state index in [0.717, 1.165) is 57.7 Å². The molecule has 0 radical (unpaired) electrons. The van der Waals surface area contributed by atoms with Gasteiger partial charge in [-0.1, -0.05) is 12.1 Å². The normalized spacial score (nSPS) is 12.5. The molecule has 2 aromatic heterocycles. The van der Waals surface area contributed by atoms with Crippen molar-refractivity contribution in [1.29, 1.82) is 10.5 Å². The van der Waals surface area contributed by atoms with Gasteiger partial charge >= 0.3 is 12.4 Å². The average molecular weight is 1070 g/mol. The highest BCUT2D eigenvalue weighted by molar-refractivity contribution is 7.85. The lowest BCUT2D eigenvalue weighted by Crippen LogP contribution is -3.00. The maximum atomic E-state index is 14.0. The van der Waals surface area contributed by atoms with Gasteiger partial charge in [0.05, 0.1) is 106 Å². The van der Waals surface area contributed by atoms with Crippen molar-refractivity contribution in [3.8, 4) is 23.5 Å². The molecule has 2 unspecified atom stereocenters. The van der Waals surface area contributed by atoms with Gasteiger partial charge in [-0.15, -0.1) is 0 Å². The minimum atomic E-state index is -4.78. The van der Waals surface area contributed by atoms with Crippen LogP contribution in [0.2, 0.25) is 0 Å². The first-order chi connectivity index (χ1) is 32.4. The van der Waals surface area contributed by atoms with Gasteiger partial charge in [0.1, 0.15) is 11.1 Å². The SMILES string of the molecule is Cc1c(S(=O)c2ccc(C#N)cc2)cc(C(=O)NCC[N+](C)(C)CCNC(=O)c2cc(S(=O)c3ccc(C#N)cc3)c(C)n(-c3cccc(C(F)(F)F)c3)c2=O)c(=O)n1-c1cccc(C(F)(F)F)c1.[Br-]. The van der Waals surface area contributed by atoms with Crippen molar-refractivity contribution >= 4 is 33.4 Å². The number of alkyl halides is 6. The Morgan fingerprint density at radius 1 is 0.600 bits per heavy atom. The van der Waals surface area contributed by atoms with E-state index in [0.29, 0.717) is 0 Å². The third kappa shape index (κ3) is 12.1. The van der Waals surface area contributed by atoms with E-state index < -0.39 is 79.1 Å². The van der Waals surface area contributed by atoms with Gasteiger partial charge in [-0.3, -0.25) is 28.3 Å². The van der Waals surface area contributed by atoms with Crippen LogP contribution < -0.4 is 38.7 Å². The fourth-order valence-electron chi connectivity index (χ4n) is 7.13. The van der Waals surface area contributed by atoms with E-state index in [1.165, 1.54) is 74.5 Å². The van der Waals surface area contributed by atoms with E-state index in [1.807, 2.05) is 12.1 Å². The number of nitrogens with zero attached hydrogens (tertiary/aromatic N) is 5. The molecule has 0 aliphatic carbocycles. The number of pyridine rings is 2. The van der Waals surface area contributed by atoms with Crippen molar-refractivity contribution in [1.82, 2.24) is 19.8 Å². The Labute approximate surface area is 411 Å². The smallest absolute Gasteiger partial charge is 0.416 e. The van der Waals surface area contributed by atoms with E-state index in [-0.39, 0.29) is 101 Å². The van der Waals surface area contributed by atoms with Crippen LogP contribution in [0.4, 0.5) is 26.3 Å². The van der Waals surface area contributed by atoms with Gasteiger partial charge < -0.3 is 32.1 Å². The predicted molar refractivity (Wildman–Crippen MR) is 242 cm³/mol. The van der Waals surface area contributed by atoms with Gasteiger partial charge in [0, 0.05) is 32.6 Å². The number of quaternary nitrogens is 1. The molecule has 2 atom stereocenters. The van der Waals surface area contributed by atoms with E-state index in [1.54, 1.807) is 14.1 Å². The van der Waals surface area contributed by atoms with Crippen LogP contribution in [-0.2, 0) is 34.0 Å². The Morgan fingerprint density at radius 2 is 0.943 bits per heavy atom. The zero-order valence-electron chi connectivity index (χ0n) is 37.4. The minimum Gasteiger partial charge on any atom is -1.00 e. The molecule has 0 saturated heterocycles. The van der Waals surface area contributed by atoms with Crippen molar-refractivity contribution in [2.75, 3.05) is 40.3 Å². The molecule has 6 rings (SSSR count). The van der Waals surface area contributed by atoms with E-state index >= 15 is 0 Å². The second-order valence-corrected chi connectivity index (χ2v) is 19.0. The van der Waals surface area contributed by atoms with Crippen molar-refractivity contribution < 1.29 is 65.8 Å². The number of benzene rings is 4. The van der Waals surface area contributed by atoms with Crippen molar-refractivity contribution in [2.24, 2.45) is 0 Å². The molecule has 0 bridgehead atoms. The highest BCUT2D eigenvalue weighted by Gasteiger charge is 2.33. The number of halogens is 7. The molecule has 0 saturated carbocycles. The molecule has 0 fully saturated rings. The summed E-state index contributed by atoms with van der Waals surface area (Å²) in [7, 11) is -0.697. The zero-order valence-corrected chi connectivity index (χ0v) is 40.6. The molecule has 0 aliphatic heterocycles. The van der Waals surface area contributed by atoms with Gasteiger partial charge in [0.2, 0.25) is 0 Å². The van der Waals surface area contributed by atoms with Gasteiger partial charge in [0.15, 0.2) is 0 Å². The third-order valence-electron chi connectivity index (χ3n) is 11.0. The largest absolute Gasteiger partial charge is 1.00 e. The molecule has 364 valence electrons. The molecular formula is C48H40BrF6N7O6S2. The summed E-state index contributed by atoms with van der Waals surface area (Å²) in [6.45, 7) is 2.91. The Balaban J connectivity index is 0.00000913. The first-order valence-electron chi connectivity index (χ1n) is 20.6. The van der Waals surface area contributed by atoms with Crippen molar-refractivity contribution in [3.63, 3.8) is 0 Å². The number of nitriles is 2. The number of hydrogen-bond acceptors (Lipinski definition) is 8. The average Bonchev–Trinajstić information content (AvgIpc) is 3.31. The van der Waals surface area contributed by atoms with E-state index in [2.05, 4.69) is 10.6 Å². The summed E-state index contributed by atoms with van der Waals surface area (Å²) < 4.78 is 112. The predicted octanol–water partition coefficient (Wildman–Crippen LogP) is 3.96. The molecule has 0 aliphatic rings. The zero-order chi connectivity index (χ0) is 50.6. The summed E-state index contributed by atoms with van der Waals surface area (Å²) in [4.78, 5) is 55.7. The summed E-state index contributed by atoms with van der Waals surface area (Å²) in [5, 5.41) is 23.7. The lowest BCUT2D eigenvalue weighted by Gasteiger charge is -2.30. The molecular weight excluding hydrogens is 1030 g/mol. The maximum absolute atomic E-state index is 14.0. The molecule has 2 amide bonds. The summed E-state index contributed by atoms with van der Waals surface area (Å²) in [6, 6.07) is 25.1. The Hall–Kier alpha value is -6.98. The number of hydrogen-bond donors (Lipinski definition) is 2. The standard InChI is InChI=1S/C48H39F6N7O6S2.BrH/c1-29-41(68(66)37-15-11-31(27-55)12-16-37)25-39(45(64)59(29)35-9-5-7-33(23-35)47(49,50)51)43(62)57-19-21-61(3,4)22-20-58-44(63)40-26-42(69(67)38-17-13-32(28-56)14-18-38)30(2)60(46(40)65)36-10-6-8-34(24-36)48(52,53)54;/h5-18,23-26H,19-22H2,1-4H3,(H-,57,58,62,63);1H. The highest BCUT2D eigenvalue weighted by atomic mass is 79.9. The molecule has 0 spiro atoms. The monoisotopic (exact) mass is 1070 g/mol. The quantitative estimate of drug-likeness (QED) is 0.121. The van der Waals surface area contributed by atoms with Crippen LogP contribution in [0.15, 0.2) is 138 Å². The summed E-state index contributed by atoms with van der Waals surface area (Å²) in [5.41, 5.74) is -5.14. The summed E-state index contributed by atoms with van der Waals surface area (Å²) in [5.74, 6) is -1.87. The lowest BCUT2D eigenvalue weighted by molar-refractivity contribution is -0.887. The number of carbonyl (C=O) groups excluding carboxylic acids is 2. The molecule has 22 heteroatoms. The topological polar surface area (TPSA) is 184 Å². The first kappa shape index (κ1) is 54.0. The second kappa shape index (κ2) is 21.8. The molecule has 6 aromatic rings. The number of aromatic nitrogens is 2. The van der Waals surface area contributed by atoms with Gasteiger partial charge in [-0.05, 0) is 111 Å². The second-order valence-electron chi connectivity index (χ2n) is 16.1. The van der Waals surface area contributed by atoms with Crippen LogP contribution in [0.3, 0.4) is 0 Å². The van der Waals surface area contributed by atoms with Crippen LogP contribution >= 0.6 is 0 Å². The fraction of sp³-hybridized carbons (Fsp3) is 0.208. The molecule has 2 heterocycles. The van der Waals surface area contributed by atoms with Crippen LogP contribution in [0.5, 0.6) is 0 Å². The fourth-order valence-corrected chi connectivity index (χ4v) is 9.58. The summed E-state index contributed by atoms with van der Waals surface area (Å²) in [6.07, 6.45) is -9.55. The Bertz CT molecular complexity index is 3040.